The van der Waals surface area contributed by atoms with Gasteiger partial charge in [0.15, 0.2) is 11.5 Å². The molecule has 0 aliphatic carbocycles. The second kappa shape index (κ2) is 6.00. The Bertz CT molecular complexity index is 1010. The van der Waals surface area contributed by atoms with Crippen LogP contribution in [0.2, 0.25) is 5.02 Å². The number of nitrogen functional groups attached to an aromatic ring is 1. The Kier molecular flexibility index (Phi) is 3.68. The standard InChI is InChI=1S/C19H12ClN3O2/c20-13-4-1-11(2-5-13)16-8-14(15(9-21)19(22)23-16)12-3-6-17-18(7-12)25-10-24-17/h1-8H,10H2,(H2,22,23). The highest BCUT2D eigenvalue weighted by Gasteiger charge is 2.18. The van der Waals surface area contributed by atoms with Crippen molar-refractivity contribution in [2.24, 2.45) is 0 Å². The molecule has 3 aromatic rings. The molecule has 2 N–H and O–H groups in total. The van der Waals surface area contributed by atoms with Crippen LogP contribution in [0.4, 0.5) is 5.82 Å². The third-order valence-corrected chi connectivity index (χ3v) is 4.23. The molecule has 1 aromatic heterocycles. The van der Waals surface area contributed by atoms with Gasteiger partial charge in [0.1, 0.15) is 17.5 Å². The predicted octanol–water partition coefficient (Wildman–Crippen LogP) is 4.25. The van der Waals surface area contributed by atoms with Crippen molar-refractivity contribution in [1.82, 2.24) is 4.98 Å². The molecule has 0 fully saturated rings. The molecule has 1 aliphatic heterocycles. The smallest absolute Gasteiger partial charge is 0.231 e. The zero-order valence-corrected chi connectivity index (χ0v) is 13.7. The van der Waals surface area contributed by atoms with Crippen molar-refractivity contribution in [3.8, 4) is 40.0 Å². The maximum atomic E-state index is 9.51. The van der Waals surface area contributed by atoms with Crippen molar-refractivity contribution >= 4 is 17.4 Å². The summed E-state index contributed by atoms with van der Waals surface area (Å²) >= 11 is 5.95. The zero-order chi connectivity index (χ0) is 17.4. The van der Waals surface area contributed by atoms with E-state index >= 15 is 0 Å². The van der Waals surface area contributed by atoms with Crippen LogP contribution >= 0.6 is 11.6 Å². The third kappa shape index (κ3) is 2.73. The molecule has 0 saturated carbocycles. The second-order valence-corrected chi connectivity index (χ2v) is 5.94. The van der Waals surface area contributed by atoms with Crippen molar-refractivity contribution in [2.75, 3.05) is 12.5 Å². The molecule has 25 heavy (non-hydrogen) atoms. The molecule has 2 heterocycles. The molecule has 0 bridgehead atoms. The number of pyridine rings is 1. The number of nitrogens with zero attached hydrogens (tertiary/aromatic N) is 2. The van der Waals surface area contributed by atoms with Gasteiger partial charge in [-0.05, 0) is 35.9 Å². The Morgan fingerprint density at radius 2 is 1.72 bits per heavy atom. The number of nitrogens with two attached hydrogens (primary N) is 1. The predicted molar refractivity (Wildman–Crippen MR) is 95.4 cm³/mol. The number of nitriles is 1. The van der Waals surface area contributed by atoms with Gasteiger partial charge < -0.3 is 15.2 Å². The Balaban J connectivity index is 1.89. The molecule has 1 aliphatic rings. The van der Waals surface area contributed by atoms with Gasteiger partial charge in [0.05, 0.1) is 5.69 Å². The van der Waals surface area contributed by atoms with Crippen molar-refractivity contribution in [2.45, 2.75) is 0 Å². The number of fused-ring (bicyclic) bond motifs is 1. The van der Waals surface area contributed by atoms with Crippen molar-refractivity contribution in [1.29, 1.82) is 5.26 Å². The number of aromatic nitrogens is 1. The largest absolute Gasteiger partial charge is 0.454 e. The van der Waals surface area contributed by atoms with Crippen LogP contribution in [0.3, 0.4) is 0 Å². The number of benzene rings is 2. The number of ether oxygens (including phenoxy) is 2. The topological polar surface area (TPSA) is 81.2 Å². The highest BCUT2D eigenvalue weighted by molar-refractivity contribution is 6.30. The Labute approximate surface area is 149 Å². The van der Waals surface area contributed by atoms with E-state index < -0.39 is 0 Å². The van der Waals surface area contributed by atoms with E-state index in [0.29, 0.717) is 33.3 Å². The van der Waals surface area contributed by atoms with Gasteiger partial charge in [-0.15, -0.1) is 0 Å². The van der Waals surface area contributed by atoms with Crippen LogP contribution in [-0.2, 0) is 0 Å². The van der Waals surface area contributed by atoms with Gasteiger partial charge in [0.2, 0.25) is 6.79 Å². The molecular weight excluding hydrogens is 338 g/mol. The van der Waals surface area contributed by atoms with Gasteiger partial charge in [-0.1, -0.05) is 29.8 Å². The molecular formula is C19H12ClN3O2. The van der Waals surface area contributed by atoms with Crippen LogP contribution < -0.4 is 15.2 Å². The van der Waals surface area contributed by atoms with Crippen LogP contribution in [0.15, 0.2) is 48.5 Å². The average molecular weight is 350 g/mol. The summed E-state index contributed by atoms with van der Waals surface area (Å²) in [5.41, 5.74) is 9.40. The van der Waals surface area contributed by atoms with Gasteiger partial charge >= 0.3 is 0 Å². The Hall–Kier alpha value is -3.23. The van der Waals surface area contributed by atoms with E-state index in [2.05, 4.69) is 11.1 Å². The van der Waals surface area contributed by atoms with Crippen LogP contribution in [0, 0.1) is 11.3 Å². The Morgan fingerprint density at radius 3 is 2.48 bits per heavy atom. The first-order chi connectivity index (χ1) is 12.2. The first-order valence-electron chi connectivity index (χ1n) is 7.52. The molecule has 0 saturated heterocycles. The first kappa shape index (κ1) is 15.3. The molecule has 6 heteroatoms. The minimum Gasteiger partial charge on any atom is -0.454 e. The minimum atomic E-state index is 0.183. The summed E-state index contributed by atoms with van der Waals surface area (Å²) in [6.45, 7) is 0.193. The average Bonchev–Trinajstić information content (AvgIpc) is 3.09. The molecule has 122 valence electrons. The number of anilines is 1. The summed E-state index contributed by atoms with van der Waals surface area (Å²) in [5.74, 6) is 1.51. The van der Waals surface area contributed by atoms with Gasteiger partial charge in [-0.3, -0.25) is 0 Å². The third-order valence-electron chi connectivity index (χ3n) is 3.98. The quantitative estimate of drug-likeness (QED) is 0.747. The van der Waals surface area contributed by atoms with Crippen LogP contribution in [0.25, 0.3) is 22.4 Å². The van der Waals surface area contributed by atoms with E-state index in [-0.39, 0.29) is 12.6 Å². The molecule has 0 amide bonds. The number of halogens is 1. The van der Waals surface area contributed by atoms with Gasteiger partial charge in [0.25, 0.3) is 0 Å². The fourth-order valence-corrected chi connectivity index (χ4v) is 2.87. The number of hydrogen-bond acceptors (Lipinski definition) is 5. The molecule has 0 unspecified atom stereocenters. The Morgan fingerprint density at radius 1 is 1.00 bits per heavy atom. The van der Waals surface area contributed by atoms with Crippen LogP contribution in [0.5, 0.6) is 11.5 Å². The number of hydrogen-bond donors (Lipinski definition) is 1. The lowest BCUT2D eigenvalue weighted by Crippen LogP contribution is -1.99. The highest BCUT2D eigenvalue weighted by atomic mass is 35.5. The summed E-state index contributed by atoms with van der Waals surface area (Å²) in [6.07, 6.45) is 0. The molecule has 0 spiro atoms. The summed E-state index contributed by atoms with van der Waals surface area (Å²) in [4.78, 5) is 4.36. The lowest BCUT2D eigenvalue weighted by atomic mass is 9.98. The summed E-state index contributed by atoms with van der Waals surface area (Å²) < 4.78 is 10.8. The fourth-order valence-electron chi connectivity index (χ4n) is 2.74. The SMILES string of the molecule is N#Cc1c(-c2ccc3c(c2)OCO3)cc(-c2ccc(Cl)cc2)nc1N. The van der Waals surface area contributed by atoms with Crippen molar-refractivity contribution in [3.63, 3.8) is 0 Å². The van der Waals surface area contributed by atoms with E-state index in [0.717, 1.165) is 11.1 Å². The first-order valence-corrected chi connectivity index (χ1v) is 7.90. The summed E-state index contributed by atoms with van der Waals surface area (Å²) in [7, 11) is 0. The molecule has 0 atom stereocenters. The maximum Gasteiger partial charge on any atom is 0.231 e. The zero-order valence-electron chi connectivity index (χ0n) is 13.0. The molecule has 4 rings (SSSR count). The normalized spacial score (nSPS) is 12.0. The molecule has 0 radical (unpaired) electrons. The van der Waals surface area contributed by atoms with E-state index in [4.69, 9.17) is 26.8 Å². The van der Waals surface area contributed by atoms with E-state index in [1.165, 1.54) is 0 Å². The second-order valence-electron chi connectivity index (χ2n) is 5.50. The maximum absolute atomic E-state index is 9.51. The lowest BCUT2D eigenvalue weighted by Gasteiger charge is -2.11. The highest BCUT2D eigenvalue weighted by Crippen LogP contribution is 2.38. The van der Waals surface area contributed by atoms with Gasteiger partial charge in [-0.25, -0.2) is 4.98 Å². The van der Waals surface area contributed by atoms with E-state index in [1.807, 2.05) is 36.4 Å². The summed E-state index contributed by atoms with van der Waals surface area (Å²) in [5, 5.41) is 10.1. The molecule has 2 aromatic carbocycles. The fraction of sp³-hybridized carbons (Fsp3) is 0.0526. The summed E-state index contributed by atoms with van der Waals surface area (Å²) in [6, 6.07) is 16.8. The van der Waals surface area contributed by atoms with Crippen LogP contribution in [-0.4, -0.2) is 11.8 Å². The van der Waals surface area contributed by atoms with Crippen molar-refractivity contribution in [3.05, 3.63) is 59.1 Å². The minimum absolute atomic E-state index is 0.183. The van der Waals surface area contributed by atoms with Crippen LogP contribution in [0.1, 0.15) is 5.56 Å². The molecule has 5 nitrogen and oxygen atoms in total. The van der Waals surface area contributed by atoms with Gasteiger partial charge in [0, 0.05) is 16.1 Å². The van der Waals surface area contributed by atoms with E-state index in [1.54, 1.807) is 12.1 Å². The van der Waals surface area contributed by atoms with Gasteiger partial charge in [-0.2, -0.15) is 5.26 Å². The monoisotopic (exact) mass is 349 g/mol. The van der Waals surface area contributed by atoms with E-state index in [9.17, 15) is 5.26 Å². The van der Waals surface area contributed by atoms with Crippen molar-refractivity contribution < 1.29 is 9.47 Å². The lowest BCUT2D eigenvalue weighted by molar-refractivity contribution is 0.174. The number of rotatable bonds is 2.